The number of benzene rings is 1. The molecule has 1 unspecified atom stereocenters. The van der Waals surface area contributed by atoms with Crippen LogP contribution in [0.3, 0.4) is 0 Å². The maximum Gasteiger partial charge on any atom is 0.328 e. The fourth-order valence-electron chi connectivity index (χ4n) is 2.46. The second kappa shape index (κ2) is 8.02. The van der Waals surface area contributed by atoms with Crippen molar-refractivity contribution in [3.63, 3.8) is 0 Å². The van der Waals surface area contributed by atoms with Crippen LogP contribution in [-0.2, 0) is 9.53 Å². The number of rotatable bonds is 8. The summed E-state index contributed by atoms with van der Waals surface area (Å²) in [4.78, 5) is 11.9. The van der Waals surface area contributed by atoms with E-state index in [1.54, 1.807) is 0 Å². The SMILES string of the molecule is CCOC(=O)C(C)n1ccc2cc(OCCNC(C)C)ccc21. The minimum Gasteiger partial charge on any atom is -0.492 e. The van der Waals surface area contributed by atoms with Crippen LogP contribution in [-0.4, -0.2) is 36.3 Å². The van der Waals surface area contributed by atoms with Crippen molar-refractivity contribution < 1.29 is 14.3 Å². The summed E-state index contributed by atoms with van der Waals surface area (Å²) in [5.41, 5.74) is 0.998. The third-order valence-electron chi connectivity index (χ3n) is 3.66. The van der Waals surface area contributed by atoms with E-state index in [0.717, 1.165) is 23.2 Å². The zero-order valence-electron chi connectivity index (χ0n) is 14.3. The van der Waals surface area contributed by atoms with Crippen molar-refractivity contribution in [1.82, 2.24) is 9.88 Å². The molecule has 0 bridgehead atoms. The molecule has 0 amide bonds. The van der Waals surface area contributed by atoms with Crippen LogP contribution < -0.4 is 10.1 Å². The lowest BCUT2D eigenvalue weighted by atomic mass is 10.2. The first-order valence-electron chi connectivity index (χ1n) is 8.16. The molecule has 0 fully saturated rings. The number of nitrogens with zero attached hydrogens (tertiary/aromatic N) is 1. The topological polar surface area (TPSA) is 52.5 Å². The molecule has 1 heterocycles. The van der Waals surface area contributed by atoms with E-state index in [0.29, 0.717) is 19.3 Å². The Bertz CT molecular complexity index is 649. The van der Waals surface area contributed by atoms with Gasteiger partial charge in [0.2, 0.25) is 0 Å². The minimum atomic E-state index is -0.338. The number of hydrogen-bond donors (Lipinski definition) is 1. The molecule has 0 saturated heterocycles. The van der Waals surface area contributed by atoms with E-state index >= 15 is 0 Å². The first-order valence-corrected chi connectivity index (χ1v) is 8.16. The first-order chi connectivity index (χ1) is 11.0. The Kier molecular flexibility index (Phi) is 6.04. The Balaban J connectivity index is 2.06. The summed E-state index contributed by atoms with van der Waals surface area (Å²) < 4.78 is 12.8. The van der Waals surface area contributed by atoms with Crippen LogP contribution in [0.2, 0.25) is 0 Å². The molecule has 2 rings (SSSR count). The van der Waals surface area contributed by atoms with Crippen LogP contribution in [0.4, 0.5) is 0 Å². The highest BCUT2D eigenvalue weighted by Crippen LogP contribution is 2.25. The highest BCUT2D eigenvalue weighted by Gasteiger charge is 2.17. The van der Waals surface area contributed by atoms with Crippen molar-refractivity contribution in [3.8, 4) is 5.75 Å². The van der Waals surface area contributed by atoms with Crippen molar-refractivity contribution in [3.05, 3.63) is 30.5 Å². The lowest BCUT2D eigenvalue weighted by molar-refractivity contribution is -0.146. The first kappa shape index (κ1) is 17.3. The van der Waals surface area contributed by atoms with E-state index in [9.17, 15) is 4.79 Å². The van der Waals surface area contributed by atoms with Gasteiger partial charge in [0.25, 0.3) is 0 Å². The van der Waals surface area contributed by atoms with Crippen LogP contribution in [0.1, 0.15) is 33.7 Å². The molecule has 23 heavy (non-hydrogen) atoms. The van der Waals surface area contributed by atoms with E-state index < -0.39 is 0 Å². The van der Waals surface area contributed by atoms with Gasteiger partial charge in [-0.1, -0.05) is 13.8 Å². The fraction of sp³-hybridized carbons (Fsp3) is 0.500. The Morgan fingerprint density at radius 1 is 1.26 bits per heavy atom. The van der Waals surface area contributed by atoms with E-state index in [1.165, 1.54) is 0 Å². The van der Waals surface area contributed by atoms with E-state index in [-0.39, 0.29) is 12.0 Å². The molecule has 0 aliphatic heterocycles. The molecule has 5 nitrogen and oxygen atoms in total. The molecule has 0 radical (unpaired) electrons. The van der Waals surface area contributed by atoms with Crippen LogP contribution in [0.25, 0.3) is 10.9 Å². The summed E-state index contributed by atoms with van der Waals surface area (Å²) in [6.45, 7) is 9.72. The molecule has 0 aliphatic rings. The number of ether oxygens (including phenoxy) is 2. The van der Waals surface area contributed by atoms with Crippen molar-refractivity contribution >= 4 is 16.9 Å². The van der Waals surface area contributed by atoms with Gasteiger partial charge in [-0.2, -0.15) is 0 Å². The number of esters is 1. The largest absolute Gasteiger partial charge is 0.492 e. The quantitative estimate of drug-likeness (QED) is 0.600. The zero-order valence-corrected chi connectivity index (χ0v) is 14.3. The molecule has 1 N–H and O–H groups in total. The number of aromatic nitrogens is 1. The highest BCUT2D eigenvalue weighted by molar-refractivity contribution is 5.84. The fourth-order valence-corrected chi connectivity index (χ4v) is 2.46. The van der Waals surface area contributed by atoms with Gasteiger partial charge in [-0.3, -0.25) is 0 Å². The van der Waals surface area contributed by atoms with Gasteiger partial charge in [0, 0.05) is 29.7 Å². The third-order valence-corrected chi connectivity index (χ3v) is 3.66. The average molecular weight is 318 g/mol. The van der Waals surface area contributed by atoms with Crippen molar-refractivity contribution in [2.45, 2.75) is 39.8 Å². The highest BCUT2D eigenvalue weighted by atomic mass is 16.5. The maximum atomic E-state index is 11.9. The predicted molar refractivity (Wildman–Crippen MR) is 91.9 cm³/mol. The van der Waals surface area contributed by atoms with Gasteiger partial charge in [0.1, 0.15) is 18.4 Å². The number of carbonyl (C=O) groups is 1. The predicted octanol–water partition coefficient (Wildman–Crippen LogP) is 3.14. The molecule has 2 aromatic rings. The summed E-state index contributed by atoms with van der Waals surface area (Å²) in [7, 11) is 0. The third kappa shape index (κ3) is 4.48. The van der Waals surface area contributed by atoms with Gasteiger partial charge in [-0.15, -0.1) is 0 Å². The summed E-state index contributed by atoms with van der Waals surface area (Å²) in [6.07, 6.45) is 1.91. The van der Waals surface area contributed by atoms with Crippen LogP contribution in [0.15, 0.2) is 30.5 Å². The normalized spacial score (nSPS) is 12.6. The molecule has 0 aliphatic carbocycles. The molecule has 0 saturated carbocycles. The maximum absolute atomic E-state index is 11.9. The summed E-state index contributed by atoms with van der Waals surface area (Å²) in [6, 6.07) is 8.03. The lowest BCUT2D eigenvalue weighted by Gasteiger charge is -2.14. The number of nitrogens with one attached hydrogen (secondary N) is 1. The molecule has 1 aromatic heterocycles. The van der Waals surface area contributed by atoms with Crippen LogP contribution in [0, 0.1) is 0 Å². The Hall–Kier alpha value is -2.01. The number of fused-ring (bicyclic) bond motifs is 1. The Morgan fingerprint density at radius 2 is 2.04 bits per heavy atom. The van der Waals surface area contributed by atoms with Gasteiger partial charge >= 0.3 is 5.97 Å². The number of hydrogen-bond acceptors (Lipinski definition) is 4. The van der Waals surface area contributed by atoms with Crippen molar-refractivity contribution in [2.24, 2.45) is 0 Å². The van der Waals surface area contributed by atoms with Gasteiger partial charge < -0.3 is 19.4 Å². The van der Waals surface area contributed by atoms with Crippen LogP contribution in [0.5, 0.6) is 5.75 Å². The molecule has 0 spiro atoms. The molecular weight excluding hydrogens is 292 g/mol. The molecule has 1 atom stereocenters. The summed E-state index contributed by atoms with van der Waals surface area (Å²) in [5.74, 6) is 0.620. The average Bonchev–Trinajstić information content (AvgIpc) is 2.94. The smallest absolute Gasteiger partial charge is 0.328 e. The van der Waals surface area contributed by atoms with Crippen LogP contribution >= 0.6 is 0 Å². The molecular formula is C18H26N2O3. The lowest BCUT2D eigenvalue weighted by Crippen LogP contribution is -2.27. The summed E-state index contributed by atoms with van der Waals surface area (Å²) >= 11 is 0. The molecule has 1 aromatic carbocycles. The second-order valence-corrected chi connectivity index (χ2v) is 5.83. The van der Waals surface area contributed by atoms with Gasteiger partial charge in [-0.25, -0.2) is 4.79 Å². The van der Waals surface area contributed by atoms with E-state index in [4.69, 9.17) is 9.47 Å². The van der Waals surface area contributed by atoms with Crippen molar-refractivity contribution in [2.75, 3.05) is 19.8 Å². The number of carbonyl (C=O) groups excluding carboxylic acids is 1. The molecule has 126 valence electrons. The van der Waals surface area contributed by atoms with E-state index in [2.05, 4.69) is 19.2 Å². The monoisotopic (exact) mass is 318 g/mol. The van der Waals surface area contributed by atoms with Gasteiger partial charge in [-0.05, 0) is 38.1 Å². The molecule has 5 heteroatoms. The Morgan fingerprint density at radius 3 is 2.74 bits per heavy atom. The minimum absolute atomic E-state index is 0.218. The Labute approximate surface area is 137 Å². The second-order valence-electron chi connectivity index (χ2n) is 5.83. The van der Waals surface area contributed by atoms with E-state index in [1.807, 2.05) is 48.9 Å². The summed E-state index contributed by atoms with van der Waals surface area (Å²) in [5, 5.41) is 4.37. The van der Waals surface area contributed by atoms with Gasteiger partial charge in [0.05, 0.1) is 6.61 Å². The van der Waals surface area contributed by atoms with Gasteiger partial charge in [0.15, 0.2) is 0 Å². The van der Waals surface area contributed by atoms with Crippen molar-refractivity contribution in [1.29, 1.82) is 0 Å². The standard InChI is InChI=1S/C18H26N2O3/c1-5-22-18(21)14(4)20-10-8-15-12-16(6-7-17(15)20)23-11-9-19-13(2)3/h6-8,10,12-14,19H,5,9,11H2,1-4H3. The zero-order chi connectivity index (χ0) is 16.8.